The molecule has 0 fully saturated rings. The van der Waals surface area contributed by atoms with Crippen molar-refractivity contribution in [1.29, 1.82) is 0 Å². The van der Waals surface area contributed by atoms with Gasteiger partial charge in [0.2, 0.25) is 0 Å². The number of carbonyl (C=O) groups is 2. The van der Waals surface area contributed by atoms with Crippen LogP contribution >= 0.6 is 11.6 Å². The predicted octanol–water partition coefficient (Wildman–Crippen LogP) is 1.86. The molecule has 0 saturated carbocycles. The molecule has 1 aromatic carbocycles. The number of carboxylic acid groups (broad SMARTS) is 1. The molecule has 0 heterocycles. The molecule has 1 unspecified atom stereocenters. The minimum absolute atomic E-state index is 0.0685. The third kappa shape index (κ3) is 5.18. The molecule has 0 aliphatic heterocycles. The van der Waals surface area contributed by atoms with E-state index >= 15 is 0 Å². The van der Waals surface area contributed by atoms with Gasteiger partial charge in [-0.15, -0.1) is 0 Å². The number of aliphatic carboxylic acids is 1. The van der Waals surface area contributed by atoms with Crippen LogP contribution in [0, 0.1) is 12.8 Å². The summed E-state index contributed by atoms with van der Waals surface area (Å²) in [6, 6.07) is 5.26. The smallest absolute Gasteiger partial charge is 0.308 e. The molecule has 0 bridgehead atoms. The molecule has 0 aliphatic rings. The van der Waals surface area contributed by atoms with Gasteiger partial charge in [0.1, 0.15) is 5.75 Å². The highest BCUT2D eigenvalue weighted by atomic mass is 35.5. The molecule has 0 spiro atoms. The first-order valence-corrected chi connectivity index (χ1v) is 6.16. The van der Waals surface area contributed by atoms with E-state index in [4.69, 9.17) is 21.4 Å². The number of carboxylic acids is 1. The van der Waals surface area contributed by atoms with Crippen LogP contribution in [0.2, 0.25) is 5.02 Å². The summed E-state index contributed by atoms with van der Waals surface area (Å²) in [5, 5.41) is 11.6. The monoisotopic (exact) mass is 285 g/mol. The summed E-state index contributed by atoms with van der Waals surface area (Å²) >= 11 is 5.91. The maximum absolute atomic E-state index is 11.5. The maximum Gasteiger partial charge on any atom is 0.308 e. The van der Waals surface area contributed by atoms with Crippen molar-refractivity contribution < 1.29 is 19.4 Å². The van der Waals surface area contributed by atoms with Crippen molar-refractivity contribution in [3.8, 4) is 5.75 Å². The van der Waals surface area contributed by atoms with Gasteiger partial charge in [0.25, 0.3) is 5.91 Å². The highest BCUT2D eigenvalue weighted by Gasteiger charge is 2.12. The highest BCUT2D eigenvalue weighted by molar-refractivity contribution is 6.32. The number of rotatable bonds is 6. The molecule has 0 aliphatic carbocycles. The quantitative estimate of drug-likeness (QED) is 0.836. The van der Waals surface area contributed by atoms with Crippen LogP contribution in [-0.4, -0.2) is 30.1 Å². The van der Waals surface area contributed by atoms with E-state index in [2.05, 4.69) is 5.32 Å². The van der Waals surface area contributed by atoms with Crippen LogP contribution in [0.15, 0.2) is 18.2 Å². The van der Waals surface area contributed by atoms with Crippen LogP contribution < -0.4 is 10.1 Å². The van der Waals surface area contributed by atoms with Gasteiger partial charge in [0.05, 0.1) is 10.9 Å². The van der Waals surface area contributed by atoms with Crippen molar-refractivity contribution in [3.63, 3.8) is 0 Å². The highest BCUT2D eigenvalue weighted by Crippen LogP contribution is 2.24. The van der Waals surface area contributed by atoms with Gasteiger partial charge < -0.3 is 15.2 Å². The van der Waals surface area contributed by atoms with E-state index in [0.717, 1.165) is 5.56 Å². The average molecular weight is 286 g/mol. The van der Waals surface area contributed by atoms with E-state index in [9.17, 15) is 9.59 Å². The zero-order valence-electron chi connectivity index (χ0n) is 10.8. The molecule has 0 aromatic heterocycles. The van der Waals surface area contributed by atoms with Gasteiger partial charge in [-0.3, -0.25) is 9.59 Å². The zero-order valence-corrected chi connectivity index (χ0v) is 11.5. The van der Waals surface area contributed by atoms with E-state index in [1.807, 2.05) is 13.0 Å². The summed E-state index contributed by atoms with van der Waals surface area (Å²) < 4.78 is 5.28. The molecule has 104 valence electrons. The second-order valence-electron chi connectivity index (χ2n) is 4.27. The van der Waals surface area contributed by atoms with Crippen molar-refractivity contribution in [3.05, 3.63) is 28.8 Å². The summed E-state index contributed by atoms with van der Waals surface area (Å²) in [4.78, 5) is 22.0. The van der Waals surface area contributed by atoms with Crippen molar-refractivity contribution in [1.82, 2.24) is 5.32 Å². The first kappa shape index (κ1) is 15.3. The van der Waals surface area contributed by atoms with E-state index in [-0.39, 0.29) is 19.1 Å². The van der Waals surface area contributed by atoms with Crippen LogP contribution in [0.5, 0.6) is 5.75 Å². The second-order valence-corrected chi connectivity index (χ2v) is 4.67. The number of amides is 1. The van der Waals surface area contributed by atoms with E-state index in [1.54, 1.807) is 12.1 Å². The number of hydrogen-bond donors (Lipinski definition) is 2. The topological polar surface area (TPSA) is 75.6 Å². The Morgan fingerprint density at radius 1 is 1.47 bits per heavy atom. The lowest BCUT2D eigenvalue weighted by atomic mass is 10.2. The number of halogens is 1. The summed E-state index contributed by atoms with van der Waals surface area (Å²) in [5.41, 5.74) is 0.972. The molecule has 1 rings (SSSR count). The largest absolute Gasteiger partial charge is 0.482 e. The molecule has 0 saturated heterocycles. The Morgan fingerprint density at radius 2 is 2.16 bits per heavy atom. The van der Waals surface area contributed by atoms with Gasteiger partial charge in [-0.1, -0.05) is 24.6 Å². The normalized spacial score (nSPS) is 11.7. The summed E-state index contributed by atoms with van der Waals surface area (Å²) in [7, 11) is 0. The van der Waals surface area contributed by atoms with Gasteiger partial charge in [-0.05, 0) is 24.6 Å². The Morgan fingerprint density at radius 3 is 2.79 bits per heavy atom. The van der Waals surface area contributed by atoms with Crippen LogP contribution in [0.25, 0.3) is 0 Å². The lowest BCUT2D eigenvalue weighted by Gasteiger charge is -2.10. The molecule has 2 N–H and O–H groups in total. The van der Waals surface area contributed by atoms with Crippen LogP contribution in [0.4, 0.5) is 0 Å². The molecule has 1 atom stereocenters. The zero-order chi connectivity index (χ0) is 14.4. The predicted molar refractivity (Wildman–Crippen MR) is 71.5 cm³/mol. The minimum Gasteiger partial charge on any atom is -0.482 e. The minimum atomic E-state index is -0.956. The fraction of sp³-hybridized carbons (Fsp3) is 0.385. The van der Waals surface area contributed by atoms with E-state index < -0.39 is 11.9 Å². The third-order valence-electron chi connectivity index (χ3n) is 2.47. The molecular weight excluding hydrogens is 270 g/mol. The number of aryl methyl sites for hydroxylation is 1. The fourth-order valence-corrected chi connectivity index (χ4v) is 1.44. The molecule has 1 aromatic rings. The summed E-state index contributed by atoms with van der Waals surface area (Å²) in [6.45, 7) is 3.27. The van der Waals surface area contributed by atoms with Crippen LogP contribution in [0.3, 0.4) is 0 Å². The van der Waals surface area contributed by atoms with Gasteiger partial charge >= 0.3 is 5.97 Å². The number of benzene rings is 1. The van der Waals surface area contributed by atoms with E-state index in [0.29, 0.717) is 10.8 Å². The van der Waals surface area contributed by atoms with Crippen molar-refractivity contribution in [2.24, 2.45) is 5.92 Å². The Labute approximate surface area is 116 Å². The Kier molecular flexibility index (Phi) is 5.63. The first-order chi connectivity index (χ1) is 8.90. The molecule has 6 heteroatoms. The average Bonchev–Trinajstić information content (AvgIpc) is 2.36. The summed E-state index contributed by atoms with van der Waals surface area (Å²) in [5.74, 6) is -1.54. The van der Waals surface area contributed by atoms with Crippen molar-refractivity contribution in [2.75, 3.05) is 13.2 Å². The maximum atomic E-state index is 11.5. The van der Waals surface area contributed by atoms with Crippen molar-refractivity contribution >= 4 is 23.5 Å². The van der Waals surface area contributed by atoms with Gasteiger partial charge in [-0.2, -0.15) is 0 Å². The number of hydrogen-bond acceptors (Lipinski definition) is 3. The Hall–Kier alpha value is -1.75. The molecule has 5 nitrogen and oxygen atoms in total. The first-order valence-electron chi connectivity index (χ1n) is 5.78. The molecule has 19 heavy (non-hydrogen) atoms. The molecule has 1 amide bonds. The van der Waals surface area contributed by atoms with Gasteiger partial charge in [-0.25, -0.2) is 0 Å². The lowest BCUT2D eigenvalue weighted by molar-refractivity contribution is -0.141. The van der Waals surface area contributed by atoms with Crippen molar-refractivity contribution in [2.45, 2.75) is 13.8 Å². The van der Waals surface area contributed by atoms with Crippen LogP contribution in [0.1, 0.15) is 12.5 Å². The Bertz CT molecular complexity index is 476. The Balaban J connectivity index is 2.42. The SMILES string of the molecule is Cc1ccc(Cl)c(OCC(=O)NCC(C)C(=O)O)c1. The third-order valence-corrected chi connectivity index (χ3v) is 2.78. The number of nitrogens with one attached hydrogen (secondary N) is 1. The number of ether oxygens (including phenoxy) is 1. The molecular formula is C13H16ClNO4. The standard InChI is InChI=1S/C13H16ClNO4/c1-8-3-4-10(14)11(5-8)19-7-12(16)15-6-9(2)13(17)18/h3-5,9H,6-7H2,1-2H3,(H,15,16)(H,17,18). The second kappa shape index (κ2) is 6.99. The fourth-order valence-electron chi connectivity index (χ4n) is 1.27. The summed E-state index contributed by atoms with van der Waals surface area (Å²) in [6.07, 6.45) is 0. The molecule has 0 radical (unpaired) electrons. The van der Waals surface area contributed by atoms with E-state index in [1.165, 1.54) is 6.92 Å². The lowest BCUT2D eigenvalue weighted by Crippen LogP contribution is -2.34. The number of carbonyl (C=O) groups excluding carboxylic acids is 1. The van der Waals surface area contributed by atoms with Gasteiger partial charge in [0.15, 0.2) is 6.61 Å². The van der Waals surface area contributed by atoms with Crippen LogP contribution in [-0.2, 0) is 9.59 Å². The van der Waals surface area contributed by atoms with Gasteiger partial charge in [0, 0.05) is 6.54 Å².